The van der Waals surface area contributed by atoms with Crippen LogP contribution in [0.5, 0.6) is 0 Å². The van der Waals surface area contributed by atoms with E-state index in [0.29, 0.717) is 5.56 Å². The fourth-order valence-corrected chi connectivity index (χ4v) is 2.08. The number of amides is 1. The van der Waals surface area contributed by atoms with Crippen molar-refractivity contribution in [1.82, 2.24) is 4.98 Å². The van der Waals surface area contributed by atoms with Crippen LogP contribution in [-0.2, 0) is 0 Å². The molecule has 0 spiro atoms. The van der Waals surface area contributed by atoms with Crippen molar-refractivity contribution in [3.05, 3.63) is 53.7 Å². The second kappa shape index (κ2) is 4.26. The Kier molecular flexibility index (Phi) is 2.59. The summed E-state index contributed by atoms with van der Waals surface area (Å²) in [7, 11) is 0. The molecule has 3 nitrogen and oxygen atoms in total. The molecule has 1 amide bonds. The molecule has 1 aliphatic rings. The molecule has 18 heavy (non-hydrogen) atoms. The predicted molar refractivity (Wildman–Crippen MR) is 70.2 cm³/mol. The topological polar surface area (TPSA) is 56.0 Å². The van der Waals surface area contributed by atoms with Gasteiger partial charge in [-0.05, 0) is 36.5 Å². The summed E-state index contributed by atoms with van der Waals surface area (Å²) in [6, 6.07) is 11.8. The summed E-state index contributed by atoms with van der Waals surface area (Å²) in [5.41, 5.74) is 8.95. The summed E-state index contributed by atoms with van der Waals surface area (Å²) in [5.74, 6) is 0.331. The van der Waals surface area contributed by atoms with E-state index >= 15 is 0 Å². The highest BCUT2D eigenvalue weighted by atomic mass is 16.1. The van der Waals surface area contributed by atoms with E-state index in [1.807, 2.05) is 0 Å². The molecule has 1 fully saturated rings. The van der Waals surface area contributed by atoms with Crippen LogP contribution < -0.4 is 5.73 Å². The van der Waals surface area contributed by atoms with Crippen LogP contribution in [0.2, 0.25) is 0 Å². The highest BCUT2D eigenvalue weighted by molar-refractivity contribution is 5.93. The van der Waals surface area contributed by atoms with E-state index in [1.165, 1.54) is 18.4 Å². The van der Waals surface area contributed by atoms with E-state index < -0.39 is 5.91 Å². The maximum atomic E-state index is 11.1. The van der Waals surface area contributed by atoms with Gasteiger partial charge in [0.05, 0.1) is 5.69 Å². The fourth-order valence-electron chi connectivity index (χ4n) is 2.08. The van der Waals surface area contributed by atoms with Gasteiger partial charge in [-0.2, -0.15) is 0 Å². The molecule has 1 saturated carbocycles. The first kappa shape index (κ1) is 11.0. The minimum atomic E-state index is -0.423. The molecule has 90 valence electrons. The van der Waals surface area contributed by atoms with Crippen molar-refractivity contribution < 1.29 is 4.79 Å². The molecule has 0 bridgehead atoms. The second-order valence-corrected chi connectivity index (χ2v) is 4.69. The van der Waals surface area contributed by atoms with Crippen LogP contribution in [0, 0.1) is 0 Å². The quantitative estimate of drug-likeness (QED) is 0.893. The number of carbonyl (C=O) groups is 1. The van der Waals surface area contributed by atoms with E-state index in [1.54, 1.807) is 18.3 Å². The lowest BCUT2D eigenvalue weighted by atomic mass is 10.0. The smallest absolute Gasteiger partial charge is 0.248 e. The number of primary amides is 1. The lowest BCUT2D eigenvalue weighted by molar-refractivity contribution is 0.1000. The largest absolute Gasteiger partial charge is 0.366 e. The monoisotopic (exact) mass is 238 g/mol. The van der Waals surface area contributed by atoms with Gasteiger partial charge in [0.25, 0.3) is 0 Å². The average molecular weight is 238 g/mol. The van der Waals surface area contributed by atoms with Gasteiger partial charge in [0.1, 0.15) is 0 Å². The third kappa shape index (κ3) is 2.12. The summed E-state index contributed by atoms with van der Waals surface area (Å²) in [4.78, 5) is 15.4. The summed E-state index contributed by atoms with van der Waals surface area (Å²) in [6.45, 7) is 0. The van der Waals surface area contributed by atoms with Crippen LogP contribution in [0.1, 0.15) is 34.7 Å². The predicted octanol–water partition coefficient (Wildman–Crippen LogP) is 2.72. The molecule has 2 N–H and O–H groups in total. The SMILES string of the molecule is NC(=O)c1ccnc(-c2ccc(C3CC3)cc2)c1. The molecule has 0 unspecified atom stereocenters. The van der Waals surface area contributed by atoms with Crippen molar-refractivity contribution >= 4 is 5.91 Å². The second-order valence-electron chi connectivity index (χ2n) is 4.69. The third-order valence-electron chi connectivity index (χ3n) is 3.30. The Morgan fingerprint density at radius 3 is 2.50 bits per heavy atom. The Labute approximate surface area is 106 Å². The number of nitrogens with zero attached hydrogens (tertiary/aromatic N) is 1. The van der Waals surface area contributed by atoms with Gasteiger partial charge in [0.2, 0.25) is 5.91 Å². The number of hydrogen-bond acceptors (Lipinski definition) is 2. The Morgan fingerprint density at radius 1 is 1.17 bits per heavy atom. The van der Waals surface area contributed by atoms with Crippen LogP contribution in [0.15, 0.2) is 42.6 Å². The van der Waals surface area contributed by atoms with Gasteiger partial charge in [-0.25, -0.2) is 0 Å². The van der Waals surface area contributed by atoms with Gasteiger partial charge in [-0.3, -0.25) is 9.78 Å². The summed E-state index contributed by atoms with van der Waals surface area (Å²) < 4.78 is 0. The zero-order valence-electron chi connectivity index (χ0n) is 9.97. The molecular weight excluding hydrogens is 224 g/mol. The third-order valence-corrected chi connectivity index (χ3v) is 3.30. The van der Waals surface area contributed by atoms with Crippen LogP contribution in [0.4, 0.5) is 0 Å². The molecular formula is C15H14N2O. The minimum absolute atomic E-state index is 0.423. The van der Waals surface area contributed by atoms with Crippen LogP contribution in [0.25, 0.3) is 11.3 Å². The average Bonchev–Trinajstić information content (AvgIpc) is 3.23. The minimum Gasteiger partial charge on any atom is -0.366 e. The first-order valence-electron chi connectivity index (χ1n) is 6.10. The number of nitrogens with two attached hydrogens (primary N) is 1. The van der Waals surface area contributed by atoms with Crippen LogP contribution >= 0.6 is 0 Å². The van der Waals surface area contributed by atoms with Gasteiger partial charge in [-0.1, -0.05) is 24.3 Å². The van der Waals surface area contributed by atoms with Gasteiger partial charge < -0.3 is 5.73 Å². The maximum Gasteiger partial charge on any atom is 0.248 e. The molecule has 1 aromatic carbocycles. The molecule has 1 aliphatic carbocycles. The summed E-state index contributed by atoms with van der Waals surface area (Å²) in [5, 5.41) is 0. The highest BCUT2D eigenvalue weighted by Gasteiger charge is 2.23. The van der Waals surface area contributed by atoms with E-state index in [2.05, 4.69) is 29.2 Å². The standard InChI is InChI=1S/C15H14N2O/c16-15(18)13-7-8-17-14(9-13)12-5-3-11(4-6-12)10-1-2-10/h3-10H,1-2H2,(H2,16,18). The summed E-state index contributed by atoms with van der Waals surface area (Å²) >= 11 is 0. The van der Waals surface area contributed by atoms with Gasteiger partial charge in [0.15, 0.2) is 0 Å². The van der Waals surface area contributed by atoms with E-state index in [9.17, 15) is 4.79 Å². The molecule has 0 radical (unpaired) electrons. The van der Waals surface area contributed by atoms with E-state index in [4.69, 9.17) is 5.73 Å². The first-order chi connectivity index (χ1) is 8.74. The molecule has 0 aliphatic heterocycles. The lowest BCUT2D eigenvalue weighted by Gasteiger charge is -2.04. The van der Waals surface area contributed by atoms with Crippen molar-refractivity contribution in [2.75, 3.05) is 0 Å². The van der Waals surface area contributed by atoms with Gasteiger partial charge >= 0.3 is 0 Å². The van der Waals surface area contributed by atoms with Gasteiger partial charge in [-0.15, -0.1) is 0 Å². The Bertz CT molecular complexity index is 586. The number of pyridine rings is 1. The zero-order valence-corrected chi connectivity index (χ0v) is 9.97. The van der Waals surface area contributed by atoms with Crippen molar-refractivity contribution in [1.29, 1.82) is 0 Å². The molecule has 1 heterocycles. The fraction of sp³-hybridized carbons (Fsp3) is 0.200. The highest BCUT2D eigenvalue weighted by Crippen LogP contribution is 2.40. The number of benzene rings is 1. The molecule has 3 rings (SSSR count). The van der Waals surface area contributed by atoms with E-state index in [0.717, 1.165) is 17.2 Å². The number of carbonyl (C=O) groups excluding carboxylic acids is 1. The molecule has 0 atom stereocenters. The van der Waals surface area contributed by atoms with Crippen LogP contribution in [0.3, 0.4) is 0 Å². The van der Waals surface area contributed by atoms with Crippen LogP contribution in [-0.4, -0.2) is 10.9 Å². The lowest BCUT2D eigenvalue weighted by Crippen LogP contribution is -2.10. The number of rotatable bonds is 3. The summed E-state index contributed by atoms with van der Waals surface area (Å²) in [6.07, 6.45) is 4.22. The zero-order chi connectivity index (χ0) is 12.5. The number of aromatic nitrogens is 1. The van der Waals surface area contributed by atoms with Crippen molar-refractivity contribution in [2.45, 2.75) is 18.8 Å². The van der Waals surface area contributed by atoms with Crippen molar-refractivity contribution in [3.8, 4) is 11.3 Å². The number of hydrogen-bond donors (Lipinski definition) is 1. The normalized spacial score (nSPS) is 14.4. The molecule has 1 aromatic heterocycles. The van der Waals surface area contributed by atoms with Crippen molar-refractivity contribution in [3.63, 3.8) is 0 Å². The molecule has 0 saturated heterocycles. The van der Waals surface area contributed by atoms with Gasteiger partial charge in [0, 0.05) is 17.3 Å². The maximum absolute atomic E-state index is 11.1. The van der Waals surface area contributed by atoms with Crippen molar-refractivity contribution in [2.24, 2.45) is 5.73 Å². The Balaban J connectivity index is 1.93. The molecule has 3 heteroatoms. The molecule has 2 aromatic rings. The Morgan fingerprint density at radius 2 is 1.89 bits per heavy atom. The van der Waals surface area contributed by atoms with E-state index in [-0.39, 0.29) is 0 Å². The Hall–Kier alpha value is -2.16. The first-order valence-corrected chi connectivity index (χ1v) is 6.10.